The first-order chi connectivity index (χ1) is 19.2. The normalized spacial score (nSPS) is 15.8. The standard InChI is InChI=1S/C29H30F3N3O5/c1-40-20-4-5-24-21(15-20)26(19(17-36)16-33-24)25(37)6-7-29(28(38)34-39)8-11-35(12-9-29)10-2-3-18-13-22(30)27(32)23(31)14-18/h4-5,13-16,25,36-37,39H,6-12,17H2,1H3,(H,34,38)/t25-/m1/s1. The quantitative estimate of drug-likeness (QED) is 0.145. The number of carbonyl (C=O) groups is 1. The number of rotatable bonds is 8. The molecule has 1 aliphatic rings. The summed E-state index contributed by atoms with van der Waals surface area (Å²) in [5, 5.41) is 31.3. The van der Waals surface area contributed by atoms with Gasteiger partial charge in [-0.3, -0.25) is 19.9 Å². The van der Waals surface area contributed by atoms with E-state index in [0.29, 0.717) is 53.7 Å². The van der Waals surface area contributed by atoms with Crippen LogP contribution in [0.2, 0.25) is 0 Å². The van der Waals surface area contributed by atoms with Gasteiger partial charge in [-0.05, 0) is 61.6 Å². The molecule has 0 bridgehead atoms. The van der Waals surface area contributed by atoms with Crippen molar-refractivity contribution in [2.75, 3.05) is 26.7 Å². The van der Waals surface area contributed by atoms with E-state index in [9.17, 15) is 33.4 Å². The highest BCUT2D eigenvalue weighted by molar-refractivity contribution is 5.85. The molecule has 40 heavy (non-hydrogen) atoms. The summed E-state index contributed by atoms with van der Waals surface area (Å²) in [5.41, 5.74) is 2.41. The molecule has 2 heterocycles. The number of pyridine rings is 1. The number of hydrogen-bond acceptors (Lipinski definition) is 7. The van der Waals surface area contributed by atoms with Crippen LogP contribution in [0.4, 0.5) is 13.2 Å². The first kappa shape index (κ1) is 29.3. The molecule has 4 N–H and O–H groups in total. The predicted octanol–water partition coefficient (Wildman–Crippen LogP) is 3.61. The first-order valence-electron chi connectivity index (χ1n) is 12.8. The van der Waals surface area contributed by atoms with Gasteiger partial charge in [-0.15, -0.1) is 0 Å². The Morgan fingerprint density at radius 1 is 1.20 bits per heavy atom. The summed E-state index contributed by atoms with van der Waals surface area (Å²) in [7, 11) is 1.53. The smallest absolute Gasteiger partial charge is 0.249 e. The highest BCUT2D eigenvalue weighted by atomic mass is 19.2. The fourth-order valence-electron chi connectivity index (χ4n) is 5.17. The van der Waals surface area contributed by atoms with Crippen LogP contribution in [0.25, 0.3) is 10.9 Å². The summed E-state index contributed by atoms with van der Waals surface area (Å²) in [6.45, 7) is 0.815. The maximum absolute atomic E-state index is 13.4. The number of benzene rings is 2. The number of likely N-dealkylation sites (tertiary alicyclic amines) is 1. The third-order valence-electron chi connectivity index (χ3n) is 7.51. The Labute approximate surface area is 229 Å². The topological polar surface area (TPSA) is 115 Å². The van der Waals surface area contributed by atoms with E-state index < -0.39 is 34.9 Å². The van der Waals surface area contributed by atoms with Gasteiger partial charge >= 0.3 is 0 Å². The SMILES string of the molecule is COc1ccc2ncc(CO)c([C@H](O)CCC3(C(=O)NO)CCN(CC#Cc4cc(F)c(F)c(F)c4)CC3)c2c1. The molecule has 8 nitrogen and oxygen atoms in total. The van der Waals surface area contributed by atoms with Crippen molar-refractivity contribution in [3.05, 3.63) is 70.7 Å². The van der Waals surface area contributed by atoms with Crippen LogP contribution in [0, 0.1) is 34.7 Å². The Balaban J connectivity index is 1.46. The van der Waals surface area contributed by atoms with E-state index in [1.54, 1.807) is 23.7 Å². The Bertz CT molecular complexity index is 1420. The van der Waals surface area contributed by atoms with Crippen molar-refractivity contribution < 1.29 is 38.1 Å². The molecule has 0 radical (unpaired) electrons. The molecule has 1 fully saturated rings. The van der Waals surface area contributed by atoms with Crippen LogP contribution < -0.4 is 10.2 Å². The number of nitrogens with zero attached hydrogens (tertiary/aromatic N) is 2. The number of piperidine rings is 1. The largest absolute Gasteiger partial charge is 0.497 e. The summed E-state index contributed by atoms with van der Waals surface area (Å²) < 4.78 is 45.3. The maximum atomic E-state index is 13.4. The van der Waals surface area contributed by atoms with Gasteiger partial charge in [-0.2, -0.15) is 0 Å². The van der Waals surface area contributed by atoms with E-state index >= 15 is 0 Å². The minimum atomic E-state index is -1.55. The molecular weight excluding hydrogens is 527 g/mol. The van der Waals surface area contributed by atoms with E-state index in [2.05, 4.69) is 16.8 Å². The van der Waals surface area contributed by atoms with E-state index in [-0.39, 0.29) is 31.6 Å². The number of ether oxygens (including phenoxy) is 1. The lowest BCUT2D eigenvalue weighted by Crippen LogP contribution is -2.48. The molecular formula is C29H30F3N3O5. The zero-order chi connectivity index (χ0) is 28.9. The third kappa shape index (κ3) is 6.21. The van der Waals surface area contributed by atoms with Crippen molar-refractivity contribution in [2.24, 2.45) is 5.41 Å². The summed E-state index contributed by atoms with van der Waals surface area (Å²) in [4.78, 5) is 19.1. The zero-order valence-corrected chi connectivity index (χ0v) is 21.9. The second-order valence-corrected chi connectivity index (χ2v) is 9.85. The van der Waals surface area contributed by atoms with Gasteiger partial charge in [0.05, 0.1) is 37.3 Å². The number of carbonyl (C=O) groups excluding carboxylic acids is 1. The number of hydrogen-bond donors (Lipinski definition) is 4. The van der Waals surface area contributed by atoms with E-state index in [0.717, 1.165) is 12.1 Å². The van der Waals surface area contributed by atoms with E-state index in [4.69, 9.17) is 4.74 Å². The van der Waals surface area contributed by atoms with E-state index in [1.165, 1.54) is 13.3 Å². The molecule has 0 spiro atoms. The number of methoxy groups -OCH3 is 1. The number of hydroxylamine groups is 1. The third-order valence-corrected chi connectivity index (χ3v) is 7.51. The van der Waals surface area contributed by atoms with Crippen LogP contribution in [-0.2, 0) is 11.4 Å². The molecule has 1 atom stereocenters. The highest BCUT2D eigenvalue weighted by Gasteiger charge is 2.41. The minimum absolute atomic E-state index is 0.0138. The van der Waals surface area contributed by atoms with Gasteiger partial charge in [0.25, 0.3) is 0 Å². The average molecular weight is 558 g/mol. The van der Waals surface area contributed by atoms with Crippen LogP contribution in [0.3, 0.4) is 0 Å². The molecule has 0 saturated carbocycles. The number of aromatic nitrogens is 1. The average Bonchev–Trinajstić information content (AvgIpc) is 2.97. The second-order valence-electron chi connectivity index (χ2n) is 9.85. The van der Waals surface area contributed by atoms with Crippen LogP contribution in [0.5, 0.6) is 5.75 Å². The molecule has 0 aliphatic carbocycles. The number of amides is 1. The summed E-state index contributed by atoms with van der Waals surface area (Å²) in [6, 6.07) is 6.90. The summed E-state index contributed by atoms with van der Waals surface area (Å²) in [6.07, 6.45) is 1.66. The van der Waals surface area contributed by atoms with Gasteiger partial charge in [0.2, 0.25) is 5.91 Å². The Morgan fingerprint density at radius 3 is 2.52 bits per heavy atom. The monoisotopic (exact) mass is 557 g/mol. The van der Waals surface area contributed by atoms with Crippen molar-refractivity contribution >= 4 is 16.8 Å². The lowest BCUT2D eigenvalue weighted by atomic mass is 9.73. The molecule has 3 aromatic rings. The maximum Gasteiger partial charge on any atom is 0.249 e. The molecule has 1 saturated heterocycles. The van der Waals surface area contributed by atoms with Gasteiger partial charge in [0.15, 0.2) is 17.5 Å². The van der Waals surface area contributed by atoms with Gasteiger partial charge < -0.3 is 14.9 Å². The number of aliphatic hydroxyl groups is 2. The minimum Gasteiger partial charge on any atom is -0.497 e. The molecule has 0 unspecified atom stereocenters. The number of aliphatic hydroxyl groups excluding tert-OH is 2. The Morgan fingerprint density at radius 2 is 1.90 bits per heavy atom. The number of halogens is 3. The first-order valence-corrected chi connectivity index (χ1v) is 12.8. The van der Waals surface area contributed by atoms with Crippen molar-refractivity contribution in [3.8, 4) is 17.6 Å². The fourth-order valence-corrected chi connectivity index (χ4v) is 5.17. The Kier molecular flexibility index (Phi) is 9.27. The molecule has 4 rings (SSSR count). The van der Waals surface area contributed by atoms with E-state index in [1.807, 2.05) is 4.90 Å². The van der Waals surface area contributed by atoms with Crippen molar-refractivity contribution in [1.82, 2.24) is 15.4 Å². The van der Waals surface area contributed by atoms with Gasteiger partial charge in [0.1, 0.15) is 5.75 Å². The highest BCUT2D eigenvalue weighted by Crippen LogP contribution is 2.40. The lowest BCUT2D eigenvalue weighted by Gasteiger charge is -2.40. The molecule has 212 valence electrons. The molecule has 1 aromatic heterocycles. The van der Waals surface area contributed by atoms with Crippen molar-refractivity contribution in [2.45, 2.75) is 38.4 Å². The molecule has 11 heteroatoms. The summed E-state index contributed by atoms with van der Waals surface area (Å²) >= 11 is 0. The van der Waals surface area contributed by atoms with Crippen LogP contribution >= 0.6 is 0 Å². The van der Waals surface area contributed by atoms with Gasteiger partial charge in [-0.25, -0.2) is 18.7 Å². The second kappa shape index (κ2) is 12.7. The van der Waals surface area contributed by atoms with Gasteiger partial charge in [0, 0.05) is 35.8 Å². The van der Waals surface area contributed by atoms with Crippen LogP contribution in [0.1, 0.15) is 48.5 Å². The molecule has 2 aromatic carbocycles. The zero-order valence-electron chi connectivity index (χ0n) is 21.9. The van der Waals surface area contributed by atoms with Crippen molar-refractivity contribution in [3.63, 3.8) is 0 Å². The van der Waals surface area contributed by atoms with Crippen molar-refractivity contribution in [1.29, 1.82) is 0 Å². The molecule has 1 amide bonds. The van der Waals surface area contributed by atoms with Crippen LogP contribution in [0.15, 0.2) is 36.5 Å². The van der Waals surface area contributed by atoms with Gasteiger partial charge in [-0.1, -0.05) is 11.8 Å². The number of nitrogens with one attached hydrogen (secondary N) is 1. The molecule has 1 aliphatic heterocycles. The fraction of sp³-hybridized carbons (Fsp3) is 0.379. The van der Waals surface area contributed by atoms with Crippen LogP contribution in [-0.4, -0.2) is 58.0 Å². The summed E-state index contributed by atoms with van der Waals surface area (Å²) in [5.74, 6) is 1.29. The Hall–Kier alpha value is -3.69. The number of fused-ring (bicyclic) bond motifs is 1. The predicted molar refractivity (Wildman–Crippen MR) is 140 cm³/mol. The lowest BCUT2D eigenvalue weighted by molar-refractivity contribution is -0.143.